The molecular formula is C26H29N5O2. The summed E-state index contributed by atoms with van der Waals surface area (Å²) in [7, 11) is 0. The molecule has 1 aliphatic heterocycles. The van der Waals surface area contributed by atoms with E-state index in [0.717, 1.165) is 52.8 Å². The molecule has 170 valence electrons. The number of benzene rings is 3. The Kier molecular flexibility index (Phi) is 6.58. The Bertz CT molecular complexity index is 1200. The SMILES string of the molecule is CC(=N)N1CCC(Oc2ccc(N=C(N)c3ccc4ccc(CNC(C)=O)cc4c3)cc2)C1. The first-order valence-corrected chi connectivity index (χ1v) is 11.1. The van der Waals surface area contributed by atoms with Crippen LogP contribution >= 0.6 is 0 Å². The molecule has 7 heteroatoms. The number of ether oxygens (including phenoxy) is 1. The zero-order valence-electron chi connectivity index (χ0n) is 19.0. The van der Waals surface area contributed by atoms with Gasteiger partial charge >= 0.3 is 0 Å². The molecule has 1 amide bonds. The minimum atomic E-state index is -0.0525. The molecule has 4 rings (SSSR count). The number of nitrogens with zero attached hydrogens (tertiary/aromatic N) is 2. The minimum absolute atomic E-state index is 0.0525. The monoisotopic (exact) mass is 443 g/mol. The predicted octanol–water partition coefficient (Wildman–Crippen LogP) is 3.96. The van der Waals surface area contributed by atoms with Gasteiger partial charge in [-0.3, -0.25) is 10.2 Å². The van der Waals surface area contributed by atoms with Crippen molar-refractivity contribution in [3.63, 3.8) is 0 Å². The number of likely N-dealkylation sites (tertiary alicyclic amines) is 1. The van der Waals surface area contributed by atoms with E-state index in [-0.39, 0.29) is 12.0 Å². The summed E-state index contributed by atoms with van der Waals surface area (Å²) < 4.78 is 6.05. The Balaban J connectivity index is 1.45. The Hall–Kier alpha value is -3.87. The fourth-order valence-electron chi connectivity index (χ4n) is 3.92. The number of hydrogen-bond donors (Lipinski definition) is 3. The Morgan fingerprint density at radius 3 is 2.58 bits per heavy atom. The van der Waals surface area contributed by atoms with Crippen molar-refractivity contribution < 1.29 is 9.53 Å². The van der Waals surface area contributed by atoms with Gasteiger partial charge in [0.15, 0.2) is 0 Å². The third-order valence-corrected chi connectivity index (χ3v) is 5.75. The van der Waals surface area contributed by atoms with Gasteiger partial charge in [0.25, 0.3) is 0 Å². The van der Waals surface area contributed by atoms with Gasteiger partial charge in [-0.05, 0) is 59.7 Å². The number of carbonyl (C=O) groups is 1. The maximum absolute atomic E-state index is 11.2. The standard InChI is InChI=1S/C26H29N5O2/c1-17(27)31-12-11-25(16-31)33-24-9-7-23(8-10-24)30-26(28)21-6-5-20-4-3-19(13-22(20)14-21)15-29-18(2)32/h3-10,13-14,25,27H,11-12,15-16H2,1-2H3,(H2,28,30)(H,29,32). The molecule has 33 heavy (non-hydrogen) atoms. The lowest BCUT2D eigenvalue weighted by Crippen LogP contribution is -2.28. The van der Waals surface area contributed by atoms with Crippen molar-refractivity contribution in [3.8, 4) is 5.75 Å². The lowest BCUT2D eigenvalue weighted by Gasteiger charge is -2.17. The average molecular weight is 444 g/mol. The first-order valence-electron chi connectivity index (χ1n) is 11.1. The maximum Gasteiger partial charge on any atom is 0.217 e. The van der Waals surface area contributed by atoms with Crippen LogP contribution in [0.4, 0.5) is 5.69 Å². The van der Waals surface area contributed by atoms with Crippen molar-refractivity contribution in [3.05, 3.63) is 71.8 Å². The van der Waals surface area contributed by atoms with Crippen LogP contribution in [0.15, 0.2) is 65.7 Å². The van der Waals surface area contributed by atoms with Gasteiger partial charge in [-0.25, -0.2) is 4.99 Å². The fraction of sp³-hybridized carbons (Fsp3) is 0.269. The molecule has 3 aromatic rings. The highest BCUT2D eigenvalue weighted by molar-refractivity contribution is 6.02. The van der Waals surface area contributed by atoms with Gasteiger partial charge in [0.2, 0.25) is 5.91 Å². The predicted molar refractivity (Wildman–Crippen MR) is 132 cm³/mol. The molecule has 0 radical (unpaired) electrons. The molecule has 1 unspecified atom stereocenters. The zero-order valence-corrected chi connectivity index (χ0v) is 19.0. The molecule has 0 aliphatic carbocycles. The summed E-state index contributed by atoms with van der Waals surface area (Å²) in [5.74, 6) is 1.76. The quantitative estimate of drug-likeness (QED) is 0.396. The van der Waals surface area contributed by atoms with Crippen LogP contribution in [-0.4, -0.2) is 41.7 Å². The lowest BCUT2D eigenvalue weighted by molar-refractivity contribution is -0.119. The van der Waals surface area contributed by atoms with E-state index in [9.17, 15) is 4.79 Å². The van der Waals surface area contributed by atoms with Crippen molar-refractivity contribution >= 4 is 34.0 Å². The van der Waals surface area contributed by atoms with Crippen molar-refractivity contribution in [2.24, 2.45) is 10.7 Å². The van der Waals surface area contributed by atoms with E-state index in [4.69, 9.17) is 15.9 Å². The molecule has 1 heterocycles. The van der Waals surface area contributed by atoms with Crippen molar-refractivity contribution in [1.82, 2.24) is 10.2 Å². The Morgan fingerprint density at radius 1 is 1.12 bits per heavy atom. The summed E-state index contributed by atoms with van der Waals surface area (Å²) in [5, 5.41) is 12.7. The Labute approximate surface area is 193 Å². The van der Waals surface area contributed by atoms with Crippen LogP contribution in [0.5, 0.6) is 5.75 Å². The second kappa shape index (κ2) is 9.73. The second-order valence-electron chi connectivity index (χ2n) is 8.36. The van der Waals surface area contributed by atoms with E-state index in [0.29, 0.717) is 18.2 Å². The maximum atomic E-state index is 11.2. The van der Waals surface area contributed by atoms with Gasteiger partial charge in [-0.15, -0.1) is 0 Å². The van der Waals surface area contributed by atoms with E-state index < -0.39 is 0 Å². The largest absolute Gasteiger partial charge is 0.489 e. The van der Waals surface area contributed by atoms with Gasteiger partial charge in [0.1, 0.15) is 17.7 Å². The molecule has 4 N–H and O–H groups in total. The van der Waals surface area contributed by atoms with Crippen LogP contribution in [0.2, 0.25) is 0 Å². The molecular weight excluding hydrogens is 414 g/mol. The minimum Gasteiger partial charge on any atom is -0.489 e. The topological polar surface area (TPSA) is 104 Å². The van der Waals surface area contributed by atoms with E-state index in [1.54, 1.807) is 6.92 Å². The molecule has 1 atom stereocenters. The molecule has 3 aromatic carbocycles. The number of fused-ring (bicyclic) bond motifs is 1. The van der Waals surface area contributed by atoms with E-state index >= 15 is 0 Å². The number of nitrogens with two attached hydrogens (primary N) is 1. The second-order valence-corrected chi connectivity index (χ2v) is 8.36. The van der Waals surface area contributed by atoms with Crippen molar-refractivity contribution in [2.75, 3.05) is 13.1 Å². The Morgan fingerprint density at radius 2 is 1.88 bits per heavy atom. The van der Waals surface area contributed by atoms with Gasteiger partial charge in [0, 0.05) is 32.0 Å². The molecule has 0 aromatic heterocycles. The smallest absolute Gasteiger partial charge is 0.217 e. The number of amides is 1. The van der Waals surface area contributed by atoms with Crippen molar-refractivity contribution in [2.45, 2.75) is 32.9 Å². The van der Waals surface area contributed by atoms with Crippen LogP contribution in [0, 0.1) is 5.41 Å². The number of carbonyl (C=O) groups excluding carboxylic acids is 1. The lowest BCUT2D eigenvalue weighted by atomic mass is 10.0. The number of hydrogen-bond acceptors (Lipinski definition) is 4. The van der Waals surface area contributed by atoms with Crippen molar-refractivity contribution in [1.29, 1.82) is 5.41 Å². The summed E-state index contributed by atoms with van der Waals surface area (Å²) in [4.78, 5) is 17.8. The van der Waals surface area contributed by atoms with Gasteiger partial charge < -0.3 is 20.7 Å². The van der Waals surface area contributed by atoms with Crippen LogP contribution < -0.4 is 15.8 Å². The molecule has 0 saturated carbocycles. The third kappa shape index (κ3) is 5.68. The van der Waals surface area contributed by atoms with Crippen LogP contribution in [0.25, 0.3) is 10.8 Å². The summed E-state index contributed by atoms with van der Waals surface area (Å²) >= 11 is 0. The highest BCUT2D eigenvalue weighted by Gasteiger charge is 2.24. The first kappa shape index (κ1) is 22.3. The molecule has 1 aliphatic rings. The molecule has 1 saturated heterocycles. The molecule has 1 fully saturated rings. The van der Waals surface area contributed by atoms with Gasteiger partial charge in [-0.1, -0.05) is 24.3 Å². The number of rotatable bonds is 6. The van der Waals surface area contributed by atoms with E-state index in [1.165, 1.54) is 6.92 Å². The van der Waals surface area contributed by atoms with E-state index in [1.807, 2.05) is 59.5 Å². The van der Waals surface area contributed by atoms with Gasteiger partial charge in [0.05, 0.1) is 18.1 Å². The van der Waals surface area contributed by atoms with Crippen LogP contribution in [0.3, 0.4) is 0 Å². The molecule has 0 spiro atoms. The molecule has 7 nitrogen and oxygen atoms in total. The number of aliphatic imine (C=N–C) groups is 1. The summed E-state index contributed by atoms with van der Waals surface area (Å²) in [6.07, 6.45) is 1.01. The van der Waals surface area contributed by atoms with Gasteiger partial charge in [-0.2, -0.15) is 0 Å². The summed E-state index contributed by atoms with van der Waals surface area (Å²) in [5.41, 5.74) is 8.93. The van der Waals surface area contributed by atoms with Crippen LogP contribution in [-0.2, 0) is 11.3 Å². The zero-order chi connectivity index (χ0) is 23.4. The number of nitrogens with one attached hydrogen (secondary N) is 2. The number of amidine groups is 2. The molecule has 0 bridgehead atoms. The summed E-state index contributed by atoms with van der Waals surface area (Å²) in [6.45, 7) is 5.42. The summed E-state index contributed by atoms with van der Waals surface area (Å²) in [6, 6.07) is 19.7. The first-order chi connectivity index (χ1) is 15.9. The van der Waals surface area contributed by atoms with Crippen LogP contribution in [0.1, 0.15) is 31.4 Å². The highest BCUT2D eigenvalue weighted by Crippen LogP contribution is 2.23. The highest BCUT2D eigenvalue weighted by atomic mass is 16.5. The normalized spacial score (nSPS) is 16.1. The third-order valence-electron chi connectivity index (χ3n) is 5.75. The van der Waals surface area contributed by atoms with E-state index in [2.05, 4.69) is 16.4 Å². The fourth-order valence-corrected chi connectivity index (χ4v) is 3.92. The average Bonchev–Trinajstić information content (AvgIpc) is 3.27.